The number of nitrogens with two attached hydrogens (primary N) is 1. The summed E-state index contributed by atoms with van der Waals surface area (Å²) in [7, 11) is 0. The van der Waals surface area contributed by atoms with E-state index >= 15 is 0 Å². The molecule has 0 radical (unpaired) electrons. The van der Waals surface area contributed by atoms with Gasteiger partial charge in [-0.1, -0.05) is 103 Å². The summed E-state index contributed by atoms with van der Waals surface area (Å²) >= 11 is 0. The molecule has 0 atom stereocenters. The Labute approximate surface area is 237 Å². The van der Waals surface area contributed by atoms with Gasteiger partial charge in [-0.3, -0.25) is 0 Å². The minimum Gasteiger partial charge on any atom is -0.399 e. The van der Waals surface area contributed by atoms with E-state index in [0.717, 1.165) is 28.3 Å². The van der Waals surface area contributed by atoms with Crippen LogP contribution in [0.15, 0.2) is 146 Å². The summed E-state index contributed by atoms with van der Waals surface area (Å²) in [6.45, 7) is 4.30. The second kappa shape index (κ2) is 11.0. The Kier molecular flexibility index (Phi) is 6.91. The molecule has 2 N–H and O–H groups in total. The topological polar surface area (TPSA) is 29.3 Å². The van der Waals surface area contributed by atoms with E-state index in [9.17, 15) is 0 Å². The van der Waals surface area contributed by atoms with Gasteiger partial charge in [0.05, 0.1) is 5.69 Å². The zero-order valence-electron chi connectivity index (χ0n) is 22.9. The van der Waals surface area contributed by atoms with Crippen molar-refractivity contribution in [2.75, 3.05) is 10.6 Å². The van der Waals surface area contributed by atoms with Crippen molar-refractivity contribution >= 4 is 22.7 Å². The highest BCUT2D eigenvalue weighted by molar-refractivity contribution is 6.02. The lowest BCUT2D eigenvalue weighted by Crippen LogP contribution is -2.12. The highest BCUT2D eigenvalue weighted by atomic mass is 15.1. The van der Waals surface area contributed by atoms with Gasteiger partial charge in [-0.15, -0.1) is 0 Å². The third-order valence-corrected chi connectivity index (χ3v) is 7.29. The molecule has 0 aliphatic carbocycles. The van der Waals surface area contributed by atoms with E-state index in [1.807, 2.05) is 12.1 Å². The Morgan fingerprint density at radius 3 is 1.50 bits per heavy atom. The van der Waals surface area contributed by atoms with Crippen molar-refractivity contribution < 1.29 is 0 Å². The average molecular weight is 517 g/mol. The summed E-state index contributed by atoms with van der Waals surface area (Å²) in [4.78, 5) is 2.39. The second-order valence-electron chi connectivity index (χ2n) is 10.2. The number of hydrogen-bond donors (Lipinski definition) is 1. The van der Waals surface area contributed by atoms with Gasteiger partial charge >= 0.3 is 0 Å². The van der Waals surface area contributed by atoms with Crippen molar-refractivity contribution in [3.05, 3.63) is 157 Å². The summed E-state index contributed by atoms with van der Waals surface area (Å²) in [6.07, 6.45) is 0. The number of aryl methyl sites for hydroxylation is 2. The quantitative estimate of drug-likeness (QED) is 0.223. The standard InChI is InChI=1S/C38H32N2/c1-27-11-9-17-33(25-27)40(34-18-10-12-28(2)26-34)36-24-23-35(29-19-21-32(39)22-20-29)37(30-13-5-3-6-14-30)38(36)31-15-7-4-8-16-31/h3-26H,39H2,1-2H3. The van der Waals surface area contributed by atoms with Gasteiger partial charge in [0.1, 0.15) is 0 Å². The monoisotopic (exact) mass is 516 g/mol. The van der Waals surface area contributed by atoms with Gasteiger partial charge < -0.3 is 10.6 Å². The average Bonchev–Trinajstić information content (AvgIpc) is 2.98. The van der Waals surface area contributed by atoms with E-state index in [-0.39, 0.29) is 0 Å². The van der Waals surface area contributed by atoms with Crippen LogP contribution in [0.1, 0.15) is 11.1 Å². The first kappa shape index (κ1) is 25.2. The van der Waals surface area contributed by atoms with Crippen molar-refractivity contribution in [3.8, 4) is 33.4 Å². The molecule has 6 rings (SSSR count). The predicted octanol–water partition coefficient (Wildman–Crippen LogP) is 10.4. The lowest BCUT2D eigenvalue weighted by molar-refractivity contribution is 1.26. The maximum Gasteiger partial charge on any atom is 0.0546 e. The fraction of sp³-hybridized carbons (Fsp3) is 0.0526. The molecule has 0 spiro atoms. The zero-order chi connectivity index (χ0) is 27.5. The molecule has 0 saturated heterocycles. The fourth-order valence-electron chi connectivity index (χ4n) is 5.44. The molecule has 0 bridgehead atoms. The zero-order valence-corrected chi connectivity index (χ0v) is 22.9. The summed E-state index contributed by atoms with van der Waals surface area (Å²) in [5, 5.41) is 0. The van der Waals surface area contributed by atoms with Crippen LogP contribution in [0.3, 0.4) is 0 Å². The lowest BCUT2D eigenvalue weighted by atomic mass is 9.86. The molecule has 6 aromatic rings. The predicted molar refractivity (Wildman–Crippen MR) is 171 cm³/mol. The van der Waals surface area contributed by atoms with Crippen LogP contribution in [0.5, 0.6) is 0 Å². The number of benzene rings is 6. The molecule has 194 valence electrons. The minimum absolute atomic E-state index is 0.759. The Balaban J connectivity index is 1.74. The number of rotatable bonds is 6. The first-order valence-corrected chi connectivity index (χ1v) is 13.7. The highest BCUT2D eigenvalue weighted by Crippen LogP contribution is 2.49. The first-order valence-electron chi connectivity index (χ1n) is 13.7. The summed E-state index contributed by atoms with van der Waals surface area (Å²) in [5.41, 5.74) is 19.7. The normalized spacial score (nSPS) is 10.8. The van der Waals surface area contributed by atoms with Gasteiger partial charge in [-0.2, -0.15) is 0 Å². The van der Waals surface area contributed by atoms with Gasteiger partial charge in [-0.25, -0.2) is 0 Å². The van der Waals surface area contributed by atoms with Crippen molar-refractivity contribution in [2.24, 2.45) is 0 Å². The number of nitrogen functional groups attached to an aromatic ring is 1. The molecular weight excluding hydrogens is 484 g/mol. The number of hydrogen-bond acceptors (Lipinski definition) is 2. The van der Waals surface area contributed by atoms with E-state index in [1.54, 1.807) is 0 Å². The number of anilines is 4. The molecule has 0 aromatic heterocycles. The highest BCUT2D eigenvalue weighted by Gasteiger charge is 2.23. The largest absolute Gasteiger partial charge is 0.399 e. The summed E-state index contributed by atoms with van der Waals surface area (Å²) in [6, 6.07) is 51.6. The van der Waals surface area contributed by atoms with Gasteiger partial charge in [0.2, 0.25) is 0 Å². The van der Waals surface area contributed by atoms with Crippen molar-refractivity contribution in [1.82, 2.24) is 0 Å². The minimum atomic E-state index is 0.759. The van der Waals surface area contributed by atoms with Gasteiger partial charge in [0, 0.05) is 22.6 Å². The smallest absolute Gasteiger partial charge is 0.0546 e. The molecule has 2 heteroatoms. The number of nitrogens with zero attached hydrogens (tertiary/aromatic N) is 1. The first-order chi connectivity index (χ1) is 19.6. The van der Waals surface area contributed by atoms with E-state index in [1.165, 1.54) is 38.9 Å². The molecule has 0 fully saturated rings. The van der Waals surface area contributed by atoms with Gasteiger partial charge in [0.25, 0.3) is 0 Å². The van der Waals surface area contributed by atoms with Crippen LogP contribution in [0, 0.1) is 13.8 Å². The van der Waals surface area contributed by atoms with Crippen molar-refractivity contribution in [3.63, 3.8) is 0 Å². The molecule has 2 nitrogen and oxygen atoms in total. The van der Waals surface area contributed by atoms with E-state index in [2.05, 4.69) is 152 Å². The fourth-order valence-corrected chi connectivity index (χ4v) is 5.44. The Bertz CT molecular complexity index is 1710. The molecule has 0 aliphatic heterocycles. The molecular formula is C38H32N2. The van der Waals surface area contributed by atoms with Crippen LogP contribution in [0.25, 0.3) is 33.4 Å². The van der Waals surface area contributed by atoms with Crippen LogP contribution in [0.2, 0.25) is 0 Å². The van der Waals surface area contributed by atoms with E-state index in [4.69, 9.17) is 5.73 Å². The second-order valence-corrected chi connectivity index (χ2v) is 10.2. The Morgan fingerprint density at radius 1 is 0.450 bits per heavy atom. The summed E-state index contributed by atoms with van der Waals surface area (Å²) < 4.78 is 0. The third-order valence-electron chi connectivity index (χ3n) is 7.29. The molecule has 6 aromatic carbocycles. The molecule has 0 unspecified atom stereocenters. The van der Waals surface area contributed by atoms with E-state index in [0.29, 0.717) is 0 Å². The lowest BCUT2D eigenvalue weighted by Gasteiger charge is -2.30. The summed E-state index contributed by atoms with van der Waals surface area (Å²) in [5.74, 6) is 0. The third kappa shape index (κ3) is 5.00. The molecule has 0 heterocycles. The van der Waals surface area contributed by atoms with Crippen LogP contribution in [0.4, 0.5) is 22.7 Å². The van der Waals surface area contributed by atoms with Crippen LogP contribution in [-0.4, -0.2) is 0 Å². The maximum absolute atomic E-state index is 6.09. The SMILES string of the molecule is Cc1cccc(N(c2cccc(C)c2)c2ccc(-c3ccc(N)cc3)c(-c3ccccc3)c2-c2ccccc2)c1. The molecule has 0 amide bonds. The molecule has 0 saturated carbocycles. The Morgan fingerprint density at radius 2 is 0.975 bits per heavy atom. The maximum atomic E-state index is 6.09. The Hall–Kier alpha value is -5.08. The van der Waals surface area contributed by atoms with Crippen LogP contribution >= 0.6 is 0 Å². The van der Waals surface area contributed by atoms with Crippen molar-refractivity contribution in [1.29, 1.82) is 0 Å². The van der Waals surface area contributed by atoms with Gasteiger partial charge in [-0.05, 0) is 95.3 Å². The molecule has 0 aliphatic rings. The van der Waals surface area contributed by atoms with Crippen LogP contribution in [-0.2, 0) is 0 Å². The van der Waals surface area contributed by atoms with Crippen LogP contribution < -0.4 is 10.6 Å². The molecule has 40 heavy (non-hydrogen) atoms. The van der Waals surface area contributed by atoms with Crippen molar-refractivity contribution in [2.45, 2.75) is 13.8 Å². The van der Waals surface area contributed by atoms with Gasteiger partial charge in [0.15, 0.2) is 0 Å². The van der Waals surface area contributed by atoms with E-state index < -0.39 is 0 Å².